The Morgan fingerprint density at radius 3 is 2.60 bits per heavy atom. The molecular formula is C25H24BrN3O5S. The quantitative estimate of drug-likeness (QED) is 0.370. The Hall–Kier alpha value is -3.29. The zero-order valence-electron chi connectivity index (χ0n) is 19.4. The fourth-order valence-electron chi connectivity index (χ4n) is 3.83. The minimum absolute atomic E-state index is 0.0409. The zero-order valence-corrected chi connectivity index (χ0v) is 21.8. The molecule has 0 fully saturated rings. The molecule has 0 aliphatic carbocycles. The predicted molar refractivity (Wildman–Crippen MR) is 137 cm³/mol. The average molecular weight is 558 g/mol. The second-order valence-corrected chi connectivity index (χ2v) is 9.40. The highest BCUT2D eigenvalue weighted by Gasteiger charge is 2.44. The van der Waals surface area contributed by atoms with Gasteiger partial charge in [0.2, 0.25) is 11.8 Å². The van der Waals surface area contributed by atoms with E-state index in [2.05, 4.69) is 32.6 Å². The van der Waals surface area contributed by atoms with Gasteiger partial charge in [0.15, 0.2) is 0 Å². The fraction of sp³-hybridized carbons (Fsp3) is 0.280. The van der Waals surface area contributed by atoms with Crippen LogP contribution in [0.25, 0.3) is 0 Å². The number of thioether (sulfide) groups is 1. The van der Waals surface area contributed by atoms with Crippen molar-refractivity contribution in [3.63, 3.8) is 0 Å². The number of aryl methyl sites for hydroxylation is 1. The number of benzene rings is 2. The molecule has 0 bridgehead atoms. The van der Waals surface area contributed by atoms with E-state index in [-0.39, 0.29) is 22.3 Å². The van der Waals surface area contributed by atoms with Gasteiger partial charge in [-0.2, -0.15) is 5.26 Å². The number of esters is 1. The first kappa shape index (κ1) is 26.3. The van der Waals surface area contributed by atoms with Crippen LogP contribution in [-0.2, 0) is 25.5 Å². The molecule has 2 N–H and O–H groups in total. The Balaban J connectivity index is 1.93. The lowest BCUT2D eigenvalue weighted by Gasteiger charge is -2.31. The number of nitriles is 1. The van der Waals surface area contributed by atoms with Gasteiger partial charge in [0.1, 0.15) is 11.7 Å². The van der Waals surface area contributed by atoms with Gasteiger partial charge in [-0.05, 0) is 51.7 Å². The van der Waals surface area contributed by atoms with Crippen LogP contribution in [0.3, 0.4) is 0 Å². The summed E-state index contributed by atoms with van der Waals surface area (Å²) in [5.74, 6) is -3.28. The molecule has 0 aromatic heterocycles. The molecule has 0 unspecified atom stereocenters. The predicted octanol–water partition coefficient (Wildman–Crippen LogP) is 4.13. The summed E-state index contributed by atoms with van der Waals surface area (Å²) in [5, 5.41) is 15.8. The lowest BCUT2D eigenvalue weighted by atomic mass is 9.78. The van der Waals surface area contributed by atoms with Crippen LogP contribution in [0, 0.1) is 17.2 Å². The number of halogens is 1. The van der Waals surface area contributed by atoms with E-state index in [1.54, 1.807) is 18.2 Å². The van der Waals surface area contributed by atoms with Crippen LogP contribution in [-0.4, -0.2) is 37.8 Å². The van der Waals surface area contributed by atoms with Crippen molar-refractivity contribution in [2.45, 2.75) is 19.3 Å². The van der Waals surface area contributed by atoms with Crippen LogP contribution in [0.5, 0.6) is 5.75 Å². The lowest BCUT2D eigenvalue weighted by Crippen LogP contribution is -2.44. The highest BCUT2D eigenvalue weighted by Crippen LogP contribution is 2.42. The first-order chi connectivity index (χ1) is 16.8. The molecule has 182 valence electrons. The molecule has 2 atom stereocenters. The summed E-state index contributed by atoms with van der Waals surface area (Å²) in [4.78, 5) is 38.2. The molecule has 3 rings (SSSR count). The monoisotopic (exact) mass is 557 g/mol. The number of carbonyl (C=O) groups is 3. The van der Waals surface area contributed by atoms with Gasteiger partial charge >= 0.3 is 5.97 Å². The van der Waals surface area contributed by atoms with Crippen molar-refractivity contribution in [2.24, 2.45) is 5.92 Å². The molecule has 1 aliphatic rings. The molecule has 0 radical (unpaired) electrons. The number of ether oxygens (including phenoxy) is 2. The van der Waals surface area contributed by atoms with E-state index >= 15 is 0 Å². The van der Waals surface area contributed by atoms with E-state index in [1.165, 1.54) is 14.2 Å². The van der Waals surface area contributed by atoms with Crippen molar-refractivity contribution in [1.82, 2.24) is 5.32 Å². The normalized spacial score (nSPS) is 17.3. The second kappa shape index (κ2) is 11.9. The van der Waals surface area contributed by atoms with E-state index in [0.717, 1.165) is 29.4 Å². The average Bonchev–Trinajstić information content (AvgIpc) is 2.86. The maximum Gasteiger partial charge on any atom is 0.319 e. The molecule has 8 nitrogen and oxygen atoms in total. The molecule has 2 aromatic rings. The SMILES string of the molecule is CCc1ccccc1NC(=O)CSC1=C(C#N)[C@@H](c2ccc(OC)c(Br)c2)[C@@H](C(=O)OC)C(=O)N1. The minimum Gasteiger partial charge on any atom is -0.496 e. The first-order valence-electron chi connectivity index (χ1n) is 10.7. The summed E-state index contributed by atoms with van der Waals surface area (Å²) in [6.45, 7) is 2.00. The summed E-state index contributed by atoms with van der Waals surface area (Å²) in [6, 6.07) is 14.7. The summed E-state index contributed by atoms with van der Waals surface area (Å²) in [6.07, 6.45) is 0.761. The van der Waals surface area contributed by atoms with Crippen molar-refractivity contribution in [1.29, 1.82) is 5.26 Å². The molecule has 35 heavy (non-hydrogen) atoms. The van der Waals surface area contributed by atoms with Crippen molar-refractivity contribution < 1.29 is 23.9 Å². The van der Waals surface area contributed by atoms with E-state index in [9.17, 15) is 19.6 Å². The number of amides is 2. The molecular weight excluding hydrogens is 534 g/mol. The van der Waals surface area contributed by atoms with Gasteiger partial charge in [0.05, 0.1) is 41.1 Å². The topological polar surface area (TPSA) is 118 Å². The van der Waals surface area contributed by atoms with Crippen molar-refractivity contribution in [2.75, 3.05) is 25.3 Å². The number of hydrogen-bond acceptors (Lipinski definition) is 7. The second-order valence-electron chi connectivity index (χ2n) is 7.56. The minimum atomic E-state index is -1.26. The molecule has 10 heteroatoms. The highest BCUT2D eigenvalue weighted by atomic mass is 79.9. The number of allylic oxidation sites excluding steroid dienone is 1. The van der Waals surface area contributed by atoms with Crippen molar-refractivity contribution in [3.05, 3.63) is 68.7 Å². The summed E-state index contributed by atoms with van der Waals surface area (Å²) >= 11 is 4.45. The number of carbonyl (C=O) groups excluding carboxylic acids is 3. The molecule has 0 saturated carbocycles. The van der Waals surface area contributed by atoms with Crippen LogP contribution >= 0.6 is 27.7 Å². The highest BCUT2D eigenvalue weighted by molar-refractivity contribution is 9.10. The van der Waals surface area contributed by atoms with Crippen LogP contribution < -0.4 is 15.4 Å². The van der Waals surface area contributed by atoms with Gasteiger partial charge in [0, 0.05) is 11.6 Å². The number of para-hydroxylation sites is 1. The third kappa shape index (κ3) is 5.86. The Labute approximate surface area is 216 Å². The van der Waals surface area contributed by atoms with Gasteiger partial charge in [0.25, 0.3) is 0 Å². The number of anilines is 1. The molecule has 1 heterocycles. The van der Waals surface area contributed by atoms with Crippen LogP contribution in [0.15, 0.2) is 57.5 Å². The van der Waals surface area contributed by atoms with E-state index in [4.69, 9.17) is 9.47 Å². The molecule has 0 spiro atoms. The van der Waals surface area contributed by atoms with Gasteiger partial charge in [-0.1, -0.05) is 43.0 Å². The lowest BCUT2D eigenvalue weighted by molar-refractivity contribution is -0.150. The van der Waals surface area contributed by atoms with Gasteiger partial charge < -0.3 is 20.1 Å². The fourth-order valence-corrected chi connectivity index (χ4v) is 5.24. The zero-order chi connectivity index (χ0) is 25.5. The van der Waals surface area contributed by atoms with E-state index < -0.39 is 23.7 Å². The first-order valence-corrected chi connectivity index (χ1v) is 12.5. The molecule has 2 aromatic carbocycles. The van der Waals surface area contributed by atoms with Crippen molar-refractivity contribution >= 4 is 51.2 Å². The maximum atomic E-state index is 13.0. The Morgan fingerprint density at radius 1 is 1.23 bits per heavy atom. The smallest absolute Gasteiger partial charge is 0.319 e. The summed E-state index contributed by atoms with van der Waals surface area (Å²) in [7, 11) is 2.71. The number of hydrogen-bond donors (Lipinski definition) is 2. The Morgan fingerprint density at radius 2 is 1.97 bits per heavy atom. The van der Waals surface area contributed by atoms with E-state index in [1.807, 2.05) is 31.2 Å². The number of methoxy groups -OCH3 is 2. The maximum absolute atomic E-state index is 13.0. The number of nitrogens with zero attached hydrogens (tertiary/aromatic N) is 1. The van der Waals surface area contributed by atoms with Crippen molar-refractivity contribution in [3.8, 4) is 11.8 Å². The van der Waals surface area contributed by atoms with Gasteiger partial charge in [-0.15, -0.1) is 0 Å². The molecule has 2 amide bonds. The molecule has 1 aliphatic heterocycles. The number of rotatable bonds is 8. The van der Waals surface area contributed by atoms with Gasteiger partial charge in [-0.25, -0.2) is 0 Å². The summed E-state index contributed by atoms with van der Waals surface area (Å²) in [5.41, 5.74) is 2.44. The van der Waals surface area contributed by atoms with Crippen LogP contribution in [0.2, 0.25) is 0 Å². The Kier molecular flexibility index (Phi) is 8.95. The third-order valence-corrected chi connectivity index (χ3v) is 7.18. The van der Waals surface area contributed by atoms with Gasteiger partial charge in [-0.3, -0.25) is 14.4 Å². The summed E-state index contributed by atoms with van der Waals surface area (Å²) < 4.78 is 10.7. The number of nitrogens with one attached hydrogen (secondary N) is 2. The van der Waals surface area contributed by atoms with E-state index in [0.29, 0.717) is 15.8 Å². The molecule has 0 saturated heterocycles. The largest absolute Gasteiger partial charge is 0.496 e. The third-order valence-electron chi connectivity index (χ3n) is 5.54. The van der Waals surface area contributed by atoms with Crippen LogP contribution in [0.4, 0.5) is 5.69 Å². The standard InChI is InChI=1S/C25H24BrN3O5S/c1-4-14-7-5-6-8-18(14)28-20(30)13-35-24-16(12-27)21(22(23(31)29-24)25(32)34-3)15-9-10-19(33-2)17(26)11-15/h5-11,21-22H,4,13H2,1-3H3,(H,28,30)(H,29,31)/t21-,22-/m1/s1. The Bertz CT molecular complexity index is 1220. The van der Waals surface area contributed by atoms with Crippen LogP contribution in [0.1, 0.15) is 24.0 Å².